The van der Waals surface area contributed by atoms with Gasteiger partial charge in [0.1, 0.15) is 5.76 Å². The number of benzene rings is 2. The fourth-order valence-electron chi connectivity index (χ4n) is 3.79. The molecular formula is C25H24ClN3O3. The largest absolute Gasteiger partial charge is 0.455 e. The van der Waals surface area contributed by atoms with Gasteiger partial charge in [-0.2, -0.15) is 5.10 Å². The fraction of sp³-hybridized carbons (Fsp3) is 0.240. The molecule has 0 spiro atoms. The smallest absolute Gasteiger partial charge is 0.291 e. The molecule has 0 aliphatic heterocycles. The number of amides is 2. The highest BCUT2D eigenvalue weighted by Crippen LogP contribution is 2.30. The van der Waals surface area contributed by atoms with E-state index in [1.165, 1.54) is 0 Å². The van der Waals surface area contributed by atoms with Crippen molar-refractivity contribution in [2.75, 3.05) is 5.32 Å². The molecule has 3 aromatic rings. The lowest BCUT2D eigenvalue weighted by Crippen LogP contribution is -2.22. The third-order valence-electron chi connectivity index (χ3n) is 5.70. The first-order valence-corrected chi connectivity index (χ1v) is 10.8. The molecule has 2 amide bonds. The Hall–Kier alpha value is -3.38. The quantitative estimate of drug-likeness (QED) is 0.510. The zero-order valence-electron chi connectivity index (χ0n) is 18.2. The Kier molecular flexibility index (Phi) is 6.15. The monoisotopic (exact) mass is 449 g/mol. The number of nitrogens with zero attached hydrogens (tertiary/aromatic N) is 1. The molecule has 0 bridgehead atoms. The van der Waals surface area contributed by atoms with Gasteiger partial charge in [-0.15, -0.1) is 0 Å². The Morgan fingerprint density at radius 3 is 2.44 bits per heavy atom. The maximum absolute atomic E-state index is 12.9. The van der Waals surface area contributed by atoms with Crippen LogP contribution in [0.4, 0.5) is 5.69 Å². The van der Waals surface area contributed by atoms with Crippen molar-refractivity contribution in [3.05, 3.63) is 86.8 Å². The van der Waals surface area contributed by atoms with E-state index in [1.807, 2.05) is 39.0 Å². The van der Waals surface area contributed by atoms with Crippen LogP contribution >= 0.6 is 11.6 Å². The normalized spacial score (nSPS) is 14.2. The van der Waals surface area contributed by atoms with Gasteiger partial charge in [-0.05, 0) is 81.1 Å². The second-order valence-electron chi connectivity index (χ2n) is 7.97. The Labute approximate surface area is 191 Å². The Morgan fingerprint density at radius 2 is 1.72 bits per heavy atom. The van der Waals surface area contributed by atoms with E-state index in [1.54, 1.807) is 24.3 Å². The molecule has 164 valence electrons. The average Bonchev–Trinajstić information content (AvgIpc) is 3.12. The van der Waals surface area contributed by atoms with Gasteiger partial charge in [0.15, 0.2) is 5.76 Å². The molecule has 0 atom stereocenters. The van der Waals surface area contributed by atoms with Crippen molar-refractivity contribution in [2.45, 2.75) is 40.0 Å². The Balaban J connectivity index is 1.56. The minimum atomic E-state index is -0.324. The number of furan rings is 1. The van der Waals surface area contributed by atoms with Crippen LogP contribution in [0, 0.1) is 20.8 Å². The van der Waals surface area contributed by atoms with Gasteiger partial charge in [0.05, 0.1) is 5.71 Å². The van der Waals surface area contributed by atoms with Crippen LogP contribution in [-0.4, -0.2) is 17.5 Å². The van der Waals surface area contributed by atoms with Gasteiger partial charge >= 0.3 is 0 Å². The van der Waals surface area contributed by atoms with Crippen LogP contribution in [-0.2, 0) is 6.42 Å². The molecule has 2 N–H and O–H groups in total. The van der Waals surface area contributed by atoms with Crippen molar-refractivity contribution in [1.29, 1.82) is 0 Å². The SMILES string of the molecule is Cc1ccc(NC(=O)c2oc3c(c2C)/C(=N/NC(=O)c2ccc(Cl)cc2)CCC3)cc1C. The highest BCUT2D eigenvalue weighted by molar-refractivity contribution is 6.30. The number of halogens is 1. The van der Waals surface area contributed by atoms with Crippen LogP contribution in [0.3, 0.4) is 0 Å². The van der Waals surface area contributed by atoms with Gasteiger partial charge in [0.25, 0.3) is 11.8 Å². The predicted molar refractivity (Wildman–Crippen MR) is 126 cm³/mol. The second-order valence-corrected chi connectivity index (χ2v) is 8.40. The highest BCUT2D eigenvalue weighted by Gasteiger charge is 2.28. The number of fused-ring (bicyclic) bond motifs is 1. The minimum absolute atomic E-state index is 0.270. The topological polar surface area (TPSA) is 83.7 Å². The van der Waals surface area contributed by atoms with Gasteiger partial charge in [0.2, 0.25) is 0 Å². The molecule has 6 nitrogen and oxygen atoms in total. The van der Waals surface area contributed by atoms with Crippen LogP contribution in [0.2, 0.25) is 5.02 Å². The van der Waals surface area contributed by atoms with Crippen LogP contribution in [0.1, 0.15) is 61.8 Å². The third-order valence-corrected chi connectivity index (χ3v) is 5.95. The minimum Gasteiger partial charge on any atom is -0.455 e. The number of nitrogens with one attached hydrogen (secondary N) is 2. The van der Waals surface area contributed by atoms with Crippen LogP contribution in [0.15, 0.2) is 52.0 Å². The van der Waals surface area contributed by atoms with Gasteiger partial charge in [-0.3, -0.25) is 9.59 Å². The maximum atomic E-state index is 12.9. The number of carbonyl (C=O) groups excluding carboxylic acids is 2. The van der Waals surface area contributed by atoms with Crippen LogP contribution < -0.4 is 10.7 Å². The van der Waals surface area contributed by atoms with Gasteiger partial charge in [0, 0.05) is 33.8 Å². The molecule has 1 heterocycles. The molecular weight excluding hydrogens is 426 g/mol. The molecule has 0 unspecified atom stereocenters. The molecule has 1 aliphatic carbocycles. The summed E-state index contributed by atoms with van der Waals surface area (Å²) in [5.74, 6) is 0.366. The van der Waals surface area contributed by atoms with E-state index >= 15 is 0 Å². The number of anilines is 1. The zero-order valence-corrected chi connectivity index (χ0v) is 19.0. The van der Waals surface area contributed by atoms with E-state index in [4.69, 9.17) is 16.0 Å². The average molecular weight is 450 g/mol. The summed E-state index contributed by atoms with van der Waals surface area (Å²) in [6.07, 6.45) is 2.23. The van der Waals surface area contributed by atoms with Crippen molar-refractivity contribution in [3.8, 4) is 0 Å². The summed E-state index contributed by atoms with van der Waals surface area (Å²) < 4.78 is 5.94. The van der Waals surface area contributed by atoms with E-state index in [0.717, 1.165) is 46.5 Å². The van der Waals surface area contributed by atoms with Crippen LogP contribution in [0.5, 0.6) is 0 Å². The molecule has 1 aliphatic rings. The summed E-state index contributed by atoms with van der Waals surface area (Å²) in [6.45, 7) is 5.88. The standard InChI is InChI=1S/C25H24ClN3O3/c1-14-7-12-19(13-15(14)2)27-25(31)23-16(3)22-20(5-4-6-21(22)32-23)28-29-24(30)17-8-10-18(26)11-9-17/h7-13H,4-6H2,1-3H3,(H,27,31)(H,29,30)/b28-20+. The van der Waals surface area contributed by atoms with Gasteiger partial charge in [-0.1, -0.05) is 17.7 Å². The molecule has 0 radical (unpaired) electrons. The highest BCUT2D eigenvalue weighted by atomic mass is 35.5. The number of carbonyl (C=O) groups is 2. The fourth-order valence-corrected chi connectivity index (χ4v) is 3.91. The van der Waals surface area contributed by atoms with E-state index < -0.39 is 0 Å². The summed E-state index contributed by atoms with van der Waals surface area (Å²) in [5, 5.41) is 7.83. The molecule has 0 fully saturated rings. The summed E-state index contributed by atoms with van der Waals surface area (Å²) >= 11 is 5.88. The first-order chi connectivity index (χ1) is 15.3. The molecule has 4 rings (SSSR count). The summed E-state index contributed by atoms with van der Waals surface area (Å²) in [6, 6.07) is 12.4. The van der Waals surface area contributed by atoms with Crippen molar-refractivity contribution in [2.24, 2.45) is 5.10 Å². The number of hydrogen-bond acceptors (Lipinski definition) is 4. The van der Waals surface area contributed by atoms with Gasteiger partial charge < -0.3 is 9.73 Å². The first-order valence-electron chi connectivity index (χ1n) is 10.5. The summed E-state index contributed by atoms with van der Waals surface area (Å²) in [4.78, 5) is 25.3. The summed E-state index contributed by atoms with van der Waals surface area (Å²) in [5.41, 5.74) is 8.29. The van der Waals surface area contributed by atoms with Crippen molar-refractivity contribution >= 4 is 34.8 Å². The van der Waals surface area contributed by atoms with E-state index in [2.05, 4.69) is 15.8 Å². The molecule has 7 heteroatoms. The number of aryl methyl sites for hydroxylation is 3. The third kappa shape index (κ3) is 4.46. The number of hydrogen-bond donors (Lipinski definition) is 2. The lowest BCUT2D eigenvalue weighted by atomic mass is 9.93. The maximum Gasteiger partial charge on any atom is 0.291 e. The zero-order chi connectivity index (χ0) is 22.8. The summed E-state index contributed by atoms with van der Waals surface area (Å²) in [7, 11) is 0. The Bertz CT molecular complexity index is 1230. The molecule has 32 heavy (non-hydrogen) atoms. The van der Waals surface area contributed by atoms with Gasteiger partial charge in [-0.25, -0.2) is 5.43 Å². The van der Waals surface area contributed by atoms with E-state index in [-0.39, 0.29) is 17.6 Å². The van der Waals surface area contributed by atoms with Crippen molar-refractivity contribution in [3.63, 3.8) is 0 Å². The molecule has 1 aromatic heterocycles. The first kappa shape index (κ1) is 21.8. The number of rotatable bonds is 4. The lowest BCUT2D eigenvalue weighted by molar-refractivity contribution is 0.0953. The second kappa shape index (κ2) is 9.01. The van der Waals surface area contributed by atoms with Crippen molar-refractivity contribution < 1.29 is 14.0 Å². The molecule has 2 aromatic carbocycles. The van der Waals surface area contributed by atoms with Crippen LogP contribution in [0.25, 0.3) is 0 Å². The predicted octanol–water partition coefficient (Wildman–Crippen LogP) is 5.58. The molecule has 0 saturated heterocycles. The van der Waals surface area contributed by atoms with E-state index in [0.29, 0.717) is 22.7 Å². The van der Waals surface area contributed by atoms with E-state index in [9.17, 15) is 9.59 Å². The number of hydrazone groups is 1. The van der Waals surface area contributed by atoms with Crippen molar-refractivity contribution in [1.82, 2.24) is 5.43 Å². The molecule has 0 saturated carbocycles. The Morgan fingerprint density at radius 1 is 0.969 bits per heavy atom. The lowest BCUT2D eigenvalue weighted by Gasteiger charge is -2.13.